The Balaban J connectivity index is 1.76. The fourth-order valence-corrected chi connectivity index (χ4v) is 2.63. The van der Waals surface area contributed by atoms with Crippen molar-refractivity contribution < 1.29 is 9.90 Å². The molecule has 0 bridgehead atoms. The van der Waals surface area contributed by atoms with Gasteiger partial charge >= 0.3 is 5.97 Å². The van der Waals surface area contributed by atoms with Gasteiger partial charge in [0.1, 0.15) is 0 Å². The zero-order valence-electron chi connectivity index (χ0n) is 11.2. The molecular formula is C16H21NO2. The van der Waals surface area contributed by atoms with E-state index in [1.165, 1.54) is 5.56 Å². The number of nitrogens with zero attached hydrogens (tertiary/aromatic N) is 1. The first-order valence-electron chi connectivity index (χ1n) is 6.82. The summed E-state index contributed by atoms with van der Waals surface area (Å²) in [7, 11) is 0. The first-order valence-corrected chi connectivity index (χ1v) is 6.82. The van der Waals surface area contributed by atoms with E-state index in [1.54, 1.807) is 0 Å². The summed E-state index contributed by atoms with van der Waals surface area (Å²) in [4.78, 5) is 12.9. The van der Waals surface area contributed by atoms with Crippen molar-refractivity contribution in [3.8, 4) is 0 Å². The third-order valence-electron chi connectivity index (χ3n) is 3.79. The Morgan fingerprint density at radius 3 is 2.47 bits per heavy atom. The number of likely N-dealkylation sites (tertiary alicyclic amines) is 1. The highest BCUT2D eigenvalue weighted by molar-refractivity contribution is 5.86. The predicted octanol–water partition coefficient (Wildman–Crippen LogP) is 2.58. The molecule has 1 saturated heterocycles. The first-order chi connectivity index (χ1) is 9.15. The third kappa shape index (κ3) is 4.21. The van der Waals surface area contributed by atoms with Gasteiger partial charge in [-0.2, -0.15) is 0 Å². The minimum absolute atomic E-state index is 0.293. The molecule has 3 heteroatoms. The summed E-state index contributed by atoms with van der Waals surface area (Å²) in [6.45, 7) is 6.04. The van der Waals surface area contributed by atoms with Crippen LogP contribution in [0, 0.1) is 5.92 Å². The second-order valence-electron chi connectivity index (χ2n) is 5.32. The van der Waals surface area contributed by atoms with Crippen molar-refractivity contribution in [2.75, 3.05) is 19.6 Å². The van der Waals surface area contributed by atoms with Crippen LogP contribution in [-0.4, -0.2) is 35.6 Å². The van der Waals surface area contributed by atoms with Gasteiger partial charge in [-0.1, -0.05) is 36.9 Å². The smallest absolute Gasteiger partial charge is 0.332 e. The molecular weight excluding hydrogens is 238 g/mol. The summed E-state index contributed by atoms with van der Waals surface area (Å²) in [5.74, 6) is -0.164. The average molecular weight is 259 g/mol. The maximum absolute atomic E-state index is 10.8. The number of hydrogen-bond donors (Lipinski definition) is 1. The van der Waals surface area contributed by atoms with E-state index in [1.807, 2.05) is 6.07 Å². The number of rotatable bonds is 5. The minimum atomic E-state index is -0.883. The monoisotopic (exact) mass is 259 g/mol. The van der Waals surface area contributed by atoms with Gasteiger partial charge in [0.25, 0.3) is 0 Å². The highest BCUT2D eigenvalue weighted by Gasteiger charge is 2.20. The molecule has 0 unspecified atom stereocenters. The number of carboxylic acid groups (broad SMARTS) is 1. The summed E-state index contributed by atoms with van der Waals surface area (Å²) in [6.07, 6.45) is 3.41. The zero-order chi connectivity index (χ0) is 13.7. The molecule has 1 aromatic rings. The first kappa shape index (κ1) is 13.8. The number of carboxylic acids is 1. The normalized spacial score (nSPS) is 17.3. The molecule has 2 rings (SSSR count). The Morgan fingerprint density at radius 2 is 1.89 bits per heavy atom. The predicted molar refractivity (Wildman–Crippen MR) is 76.1 cm³/mol. The van der Waals surface area contributed by atoms with Crippen molar-refractivity contribution in [2.45, 2.75) is 19.3 Å². The van der Waals surface area contributed by atoms with Gasteiger partial charge in [0.2, 0.25) is 0 Å². The van der Waals surface area contributed by atoms with Gasteiger partial charge in [-0.15, -0.1) is 0 Å². The topological polar surface area (TPSA) is 40.5 Å². The number of hydrogen-bond acceptors (Lipinski definition) is 2. The highest BCUT2D eigenvalue weighted by atomic mass is 16.4. The van der Waals surface area contributed by atoms with E-state index < -0.39 is 5.97 Å². The van der Waals surface area contributed by atoms with Gasteiger partial charge in [-0.25, -0.2) is 4.79 Å². The molecule has 1 fully saturated rings. The van der Waals surface area contributed by atoms with E-state index in [-0.39, 0.29) is 0 Å². The molecule has 0 atom stereocenters. The number of benzene rings is 1. The van der Waals surface area contributed by atoms with Gasteiger partial charge in [0.15, 0.2) is 0 Å². The lowest BCUT2D eigenvalue weighted by Crippen LogP contribution is -2.36. The van der Waals surface area contributed by atoms with Crippen molar-refractivity contribution >= 4 is 5.97 Å². The molecule has 3 nitrogen and oxygen atoms in total. The molecule has 0 saturated carbocycles. The Hall–Kier alpha value is -1.61. The molecule has 1 N–H and O–H groups in total. The molecule has 19 heavy (non-hydrogen) atoms. The van der Waals surface area contributed by atoms with Crippen LogP contribution in [0.4, 0.5) is 0 Å². The third-order valence-corrected chi connectivity index (χ3v) is 3.79. The van der Waals surface area contributed by atoms with Crippen molar-refractivity contribution in [2.24, 2.45) is 5.92 Å². The maximum Gasteiger partial charge on any atom is 0.332 e. The van der Waals surface area contributed by atoms with E-state index in [4.69, 9.17) is 5.11 Å². The Morgan fingerprint density at radius 1 is 1.26 bits per heavy atom. The maximum atomic E-state index is 10.8. The minimum Gasteiger partial charge on any atom is -0.478 e. The van der Waals surface area contributed by atoms with Crippen LogP contribution in [0.1, 0.15) is 18.4 Å². The number of aliphatic carboxylic acids is 1. The summed E-state index contributed by atoms with van der Waals surface area (Å²) >= 11 is 0. The van der Waals surface area contributed by atoms with E-state index in [2.05, 4.69) is 35.7 Å². The lowest BCUT2D eigenvalue weighted by Gasteiger charge is -2.31. The molecule has 0 radical (unpaired) electrons. The van der Waals surface area contributed by atoms with Crippen LogP contribution in [0.5, 0.6) is 0 Å². The van der Waals surface area contributed by atoms with E-state index in [9.17, 15) is 4.79 Å². The molecule has 0 aliphatic carbocycles. The summed E-state index contributed by atoms with van der Waals surface area (Å²) in [5, 5.41) is 8.83. The van der Waals surface area contributed by atoms with Crippen molar-refractivity contribution in [1.82, 2.24) is 4.90 Å². The second kappa shape index (κ2) is 6.53. The molecule has 0 spiro atoms. The summed E-state index contributed by atoms with van der Waals surface area (Å²) < 4.78 is 0. The molecule has 1 aliphatic rings. The van der Waals surface area contributed by atoms with Gasteiger partial charge in [0, 0.05) is 12.1 Å². The average Bonchev–Trinajstić information content (AvgIpc) is 2.42. The van der Waals surface area contributed by atoms with Gasteiger partial charge in [0.05, 0.1) is 0 Å². The fraction of sp³-hybridized carbons (Fsp3) is 0.438. The highest BCUT2D eigenvalue weighted by Crippen LogP contribution is 2.21. The van der Waals surface area contributed by atoms with E-state index in [0.29, 0.717) is 12.1 Å². The van der Waals surface area contributed by atoms with Crippen LogP contribution < -0.4 is 0 Å². The standard InChI is InChI=1S/C16H21NO2/c1-13(16(18)19)12-17-9-7-15(8-10-17)11-14-5-3-2-4-6-14/h2-6,15H,1,7-12H2,(H,18,19). The second-order valence-corrected chi connectivity index (χ2v) is 5.32. The Kier molecular flexibility index (Phi) is 4.74. The zero-order valence-corrected chi connectivity index (χ0v) is 11.2. The van der Waals surface area contributed by atoms with Crippen molar-refractivity contribution in [3.05, 3.63) is 48.0 Å². The van der Waals surface area contributed by atoms with E-state index in [0.717, 1.165) is 38.3 Å². The molecule has 1 aromatic carbocycles. The van der Waals surface area contributed by atoms with Crippen molar-refractivity contribution in [1.29, 1.82) is 0 Å². The lowest BCUT2D eigenvalue weighted by atomic mass is 9.90. The Labute approximate surface area is 114 Å². The molecule has 0 amide bonds. The molecule has 102 valence electrons. The van der Waals surface area contributed by atoms with Gasteiger partial charge in [-0.05, 0) is 43.8 Å². The van der Waals surface area contributed by atoms with E-state index >= 15 is 0 Å². The van der Waals surface area contributed by atoms with Crippen LogP contribution >= 0.6 is 0 Å². The van der Waals surface area contributed by atoms with Crippen LogP contribution in [0.25, 0.3) is 0 Å². The fourth-order valence-electron chi connectivity index (χ4n) is 2.63. The van der Waals surface area contributed by atoms with Crippen LogP contribution in [-0.2, 0) is 11.2 Å². The summed E-state index contributed by atoms with van der Waals surface area (Å²) in [5.41, 5.74) is 1.69. The largest absolute Gasteiger partial charge is 0.478 e. The number of carbonyl (C=O) groups is 1. The molecule has 1 heterocycles. The molecule has 0 aromatic heterocycles. The quantitative estimate of drug-likeness (QED) is 0.826. The van der Waals surface area contributed by atoms with Crippen molar-refractivity contribution in [3.63, 3.8) is 0 Å². The van der Waals surface area contributed by atoms with Gasteiger partial charge < -0.3 is 5.11 Å². The Bertz CT molecular complexity index is 433. The van der Waals surface area contributed by atoms with Crippen LogP contribution in [0.2, 0.25) is 0 Å². The SMILES string of the molecule is C=C(CN1CCC(Cc2ccccc2)CC1)C(=O)O. The van der Waals surface area contributed by atoms with Crippen LogP contribution in [0.15, 0.2) is 42.5 Å². The summed E-state index contributed by atoms with van der Waals surface area (Å²) in [6, 6.07) is 10.6. The number of piperidine rings is 1. The van der Waals surface area contributed by atoms with Gasteiger partial charge in [-0.3, -0.25) is 4.90 Å². The molecule has 1 aliphatic heterocycles. The van der Waals surface area contributed by atoms with Crippen LogP contribution in [0.3, 0.4) is 0 Å². The lowest BCUT2D eigenvalue weighted by molar-refractivity contribution is -0.132.